The van der Waals surface area contributed by atoms with Crippen LogP contribution in [0.1, 0.15) is 42.5 Å². The molecule has 204 valence electrons. The highest BCUT2D eigenvalue weighted by molar-refractivity contribution is 7.92. The predicted molar refractivity (Wildman–Crippen MR) is 140 cm³/mol. The zero-order valence-electron chi connectivity index (χ0n) is 21.0. The predicted octanol–water partition coefficient (Wildman–Crippen LogP) is 2.36. The van der Waals surface area contributed by atoms with Crippen LogP contribution in [0.15, 0.2) is 40.5 Å². The number of thiazole rings is 1. The maximum absolute atomic E-state index is 13.3. The maximum Gasteiger partial charge on any atom is 0.323 e. The molecule has 13 heteroatoms. The molecule has 3 heterocycles. The molecule has 2 aliphatic heterocycles. The van der Waals surface area contributed by atoms with E-state index in [-0.39, 0.29) is 34.0 Å². The third-order valence-electron chi connectivity index (χ3n) is 6.79. The molecule has 1 aromatic heterocycles. The van der Waals surface area contributed by atoms with E-state index in [1.165, 1.54) is 30.6 Å². The second-order valence-electron chi connectivity index (χ2n) is 9.54. The molecule has 1 aliphatic carbocycles. The largest absolute Gasteiger partial charge is 0.468 e. The molecule has 0 unspecified atom stereocenters. The number of oxime groups is 1. The number of carbonyl (C=O) groups excluding carboxylic acids is 2. The summed E-state index contributed by atoms with van der Waals surface area (Å²) in [5.74, 6) is -0.777. The van der Waals surface area contributed by atoms with Crippen molar-refractivity contribution in [1.29, 1.82) is 0 Å². The summed E-state index contributed by atoms with van der Waals surface area (Å²) in [6.07, 6.45) is 5.09. The van der Waals surface area contributed by atoms with Gasteiger partial charge in [-0.15, -0.1) is 11.3 Å². The smallest absolute Gasteiger partial charge is 0.323 e. The van der Waals surface area contributed by atoms with E-state index in [1.807, 2.05) is 4.90 Å². The summed E-state index contributed by atoms with van der Waals surface area (Å²) in [5, 5.41) is 6.97. The number of anilines is 1. The Bertz CT molecular complexity index is 1300. The average Bonchev–Trinajstić information content (AvgIpc) is 3.26. The quantitative estimate of drug-likeness (QED) is 0.263. The molecular weight excluding hydrogens is 532 g/mol. The first kappa shape index (κ1) is 26.7. The van der Waals surface area contributed by atoms with Crippen LogP contribution in [0.4, 0.5) is 5.13 Å². The molecule has 2 saturated heterocycles. The summed E-state index contributed by atoms with van der Waals surface area (Å²) in [6.45, 7) is 2.25. The summed E-state index contributed by atoms with van der Waals surface area (Å²) in [7, 11) is -1.96. The third-order valence-corrected chi connectivity index (χ3v) is 9.96. The summed E-state index contributed by atoms with van der Waals surface area (Å²) >= 11 is 1.31. The Kier molecular flexibility index (Phi) is 8.07. The van der Waals surface area contributed by atoms with Gasteiger partial charge in [0.15, 0.2) is 26.8 Å². The Hall–Kier alpha value is -2.87. The number of carbonyl (C=O) groups is 2. The van der Waals surface area contributed by atoms with Crippen LogP contribution in [-0.2, 0) is 40.3 Å². The van der Waals surface area contributed by atoms with Crippen molar-refractivity contribution >= 4 is 43.9 Å². The van der Waals surface area contributed by atoms with E-state index in [4.69, 9.17) is 14.3 Å². The molecule has 2 aromatic rings. The first-order chi connectivity index (χ1) is 18.3. The van der Waals surface area contributed by atoms with Crippen molar-refractivity contribution in [2.45, 2.75) is 60.9 Å². The van der Waals surface area contributed by atoms with Crippen LogP contribution in [0.25, 0.3) is 0 Å². The molecule has 5 rings (SSSR count). The van der Waals surface area contributed by atoms with Gasteiger partial charge in [0, 0.05) is 29.6 Å². The van der Waals surface area contributed by atoms with Gasteiger partial charge in [-0.1, -0.05) is 17.3 Å². The summed E-state index contributed by atoms with van der Waals surface area (Å²) in [5.41, 5.74) is 0.431. The number of amides is 1. The van der Waals surface area contributed by atoms with Crippen LogP contribution in [0.2, 0.25) is 0 Å². The topological polar surface area (TPSA) is 136 Å². The van der Waals surface area contributed by atoms with Gasteiger partial charge in [0.2, 0.25) is 0 Å². The Morgan fingerprint density at radius 1 is 1.21 bits per heavy atom. The number of esters is 1. The van der Waals surface area contributed by atoms with Gasteiger partial charge in [0.05, 0.1) is 30.5 Å². The second-order valence-corrected chi connectivity index (χ2v) is 12.9. The van der Waals surface area contributed by atoms with E-state index >= 15 is 0 Å². The van der Waals surface area contributed by atoms with E-state index in [1.54, 1.807) is 18.3 Å². The summed E-state index contributed by atoms with van der Waals surface area (Å²) < 4.78 is 35.4. The third kappa shape index (κ3) is 6.06. The van der Waals surface area contributed by atoms with Crippen molar-refractivity contribution in [1.82, 2.24) is 9.88 Å². The van der Waals surface area contributed by atoms with E-state index in [2.05, 4.69) is 15.5 Å². The molecule has 3 aliphatic rings. The van der Waals surface area contributed by atoms with Gasteiger partial charge in [-0.3, -0.25) is 19.8 Å². The van der Waals surface area contributed by atoms with Gasteiger partial charge in [-0.25, -0.2) is 13.4 Å². The van der Waals surface area contributed by atoms with Gasteiger partial charge in [-0.05, 0) is 44.4 Å². The molecule has 1 aromatic carbocycles. The molecule has 0 radical (unpaired) electrons. The van der Waals surface area contributed by atoms with Crippen molar-refractivity contribution in [3.63, 3.8) is 0 Å². The van der Waals surface area contributed by atoms with Crippen LogP contribution in [0.5, 0.6) is 0 Å². The van der Waals surface area contributed by atoms with Crippen molar-refractivity contribution in [3.8, 4) is 0 Å². The molecule has 11 nitrogen and oxygen atoms in total. The lowest BCUT2D eigenvalue weighted by molar-refractivity contribution is -0.146. The fourth-order valence-corrected chi connectivity index (χ4v) is 7.03. The number of aromatic nitrogens is 1. The van der Waals surface area contributed by atoms with Crippen LogP contribution in [0, 0.1) is 0 Å². The first-order valence-corrected chi connectivity index (χ1v) is 15.0. The molecule has 38 heavy (non-hydrogen) atoms. The van der Waals surface area contributed by atoms with Crippen molar-refractivity contribution in [3.05, 3.63) is 40.9 Å². The van der Waals surface area contributed by atoms with Crippen molar-refractivity contribution in [2.75, 3.05) is 32.2 Å². The van der Waals surface area contributed by atoms with E-state index < -0.39 is 15.7 Å². The zero-order chi connectivity index (χ0) is 26.7. The van der Waals surface area contributed by atoms with Crippen LogP contribution in [0.3, 0.4) is 0 Å². The van der Waals surface area contributed by atoms with Crippen molar-refractivity contribution in [2.24, 2.45) is 5.16 Å². The fraction of sp³-hybridized carbons (Fsp3) is 0.520. The number of nitrogens with one attached hydrogen (secondary N) is 1. The molecule has 1 N–H and O–H groups in total. The summed E-state index contributed by atoms with van der Waals surface area (Å²) in [6, 6.07) is 5.85. The highest BCUT2D eigenvalue weighted by Crippen LogP contribution is 2.33. The van der Waals surface area contributed by atoms with Gasteiger partial charge >= 0.3 is 5.97 Å². The van der Waals surface area contributed by atoms with Gasteiger partial charge in [0.1, 0.15) is 6.04 Å². The highest BCUT2D eigenvalue weighted by atomic mass is 32.2. The number of hydrogen-bond donors (Lipinski definition) is 1. The van der Waals surface area contributed by atoms with Crippen LogP contribution >= 0.6 is 11.3 Å². The number of sulfone groups is 1. The average molecular weight is 563 g/mol. The number of likely N-dealkylation sites (tertiary alicyclic amines) is 1. The Morgan fingerprint density at radius 3 is 2.68 bits per heavy atom. The number of ether oxygens (including phenoxy) is 2. The lowest BCUT2D eigenvalue weighted by atomic mass is 10.1. The number of nitrogens with zero attached hydrogens (tertiary/aromatic N) is 3. The maximum atomic E-state index is 13.3. The lowest BCUT2D eigenvalue weighted by Crippen LogP contribution is -2.36. The molecule has 3 fully saturated rings. The number of benzene rings is 1. The minimum atomic E-state index is -3.35. The monoisotopic (exact) mass is 562 g/mol. The highest BCUT2D eigenvalue weighted by Gasteiger charge is 2.37. The van der Waals surface area contributed by atoms with Gasteiger partial charge < -0.3 is 14.3 Å². The fourth-order valence-electron chi connectivity index (χ4n) is 4.54. The molecule has 0 bridgehead atoms. The molecule has 2 atom stereocenters. The lowest BCUT2D eigenvalue weighted by Gasteiger charge is -2.21. The Morgan fingerprint density at radius 2 is 2.00 bits per heavy atom. The zero-order valence-corrected chi connectivity index (χ0v) is 22.6. The van der Waals surface area contributed by atoms with E-state index in [0.29, 0.717) is 49.7 Å². The Balaban J connectivity index is 1.30. The minimum Gasteiger partial charge on any atom is -0.468 e. The first-order valence-electron chi connectivity index (χ1n) is 12.6. The second kappa shape index (κ2) is 11.5. The Labute approximate surface area is 225 Å². The minimum absolute atomic E-state index is 0.00863. The van der Waals surface area contributed by atoms with Crippen LogP contribution in [-0.4, -0.2) is 80.2 Å². The van der Waals surface area contributed by atoms with Gasteiger partial charge in [0.25, 0.3) is 5.91 Å². The SMILES string of the molecule is COC(=O)[C@H]1CCCN1Cc1cnc(NC(=O)/C(=N/O[C@@H]2CCOC2)c2ccc(S(=O)(=O)C3CC3)cc2)s1. The summed E-state index contributed by atoms with van der Waals surface area (Å²) in [4.78, 5) is 38.4. The van der Waals surface area contributed by atoms with Gasteiger partial charge in [-0.2, -0.15) is 0 Å². The molecule has 1 saturated carbocycles. The molecular formula is C25H30N4O7S2. The van der Waals surface area contributed by atoms with Crippen molar-refractivity contribution < 1.29 is 32.3 Å². The standard InChI is InChI=1S/C25H30N4O7S2/c1-34-24(31)21-3-2-11-29(21)14-18-13-26-25(37-18)27-23(30)22(28-36-17-10-12-35-15-17)16-4-6-19(7-5-16)38(32,33)20-8-9-20/h4-7,13,17,20-21H,2-3,8-12,14-15H2,1H3,(H,26,27,30)/b28-22+/t17-,21-/m1/s1. The molecule has 0 spiro atoms. The van der Waals surface area contributed by atoms with Crippen LogP contribution < -0.4 is 5.32 Å². The van der Waals surface area contributed by atoms with E-state index in [9.17, 15) is 18.0 Å². The molecule has 1 amide bonds. The number of rotatable bonds is 10. The van der Waals surface area contributed by atoms with E-state index in [0.717, 1.165) is 24.3 Å². The normalized spacial score (nSPS) is 22.4. The number of methoxy groups -OCH3 is 1. The number of hydrogen-bond acceptors (Lipinski definition) is 11.